The van der Waals surface area contributed by atoms with E-state index >= 15 is 0 Å². The van der Waals surface area contributed by atoms with Gasteiger partial charge in [-0.25, -0.2) is 0 Å². The van der Waals surface area contributed by atoms with Gasteiger partial charge in [0.2, 0.25) is 0 Å². The Morgan fingerprint density at radius 3 is 2.56 bits per heavy atom. The highest BCUT2D eigenvalue weighted by Gasteiger charge is 2.36. The zero-order chi connectivity index (χ0) is 13.3. The lowest BCUT2D eigenvalue weighted by Crippen LogP contribution is -2.24. The van der Waals surface area contributed by atoms with Gasteiger partial charge in [0.25, 0.3) is 0 Å². The van der Waals surface area contributed by atoms with Crippen molar-refractivity contribution >= 4 is 5.97 Å². The number of hydrogen-bond acceptors (Lipinski definition) is 2. The lowest BCUT2D eigenvalue weighted by Gasteiger charge is -2.27. The van der Waals surface area contributed by atoms with E-state index in [1.807, 2.05) is 12.1 Å². The van der Waals surface area contributed by atoms with Crippen molar-refractivity contribution < 1.29 is 9.90 Å². The zero-order valence-electron chi connectivity index (χ0n) is 11.2. The van der Waals surface area contributed by atoms with E-state index in [4.69, 9.17) is 0 Å². The molecule has 0 radical (unpaired) electrons. The first-order chi connectivity index (χ1) is 8.41. The molecule has 98 valence electrons. The van der Waals surface area contributed by atoms with Gasteiger partial charge in [-0.2, -0.15) is 0 Å². The predicted octanol–water partition coefficient (Wildman–Crippen LogP) is 2.37. The summed E-state index contributed by atoms with van der Waals surface area (Å²) in [4.78, 5) is 11.3. The SMILES string of the molecule is CC(C)(C)c1ccccc1C1CNC[C@@H]1C(=O)O. The summed E-state index contributed by atoms with van der Waals surface area (Å²) >= 11 is 0. The van der Waals surface area contributed by atoms with Crippen molar-refractivity contribution in [2.24, 2.45) is 5.92 Å². The summed E-state index contributed by atoms with van der Waals surface area (Å²) in [6, 6.07) is 8.23. The van der Waals surface area contributed by atoms with Crippen molar-refractivity contribution in [1.82, 2.24) is 5.32 Å². The molecule has 18 heavy (non-hydrogen) atoms. The molecule has 3 heteroatoms. The van der Waals surface area contributed by atoms with Crippen molar-refractivity contribution in [2.45, 2.75) is 32.1 Å². The predicted molar refractivity (Wildman–Crippen MR) is 71.9 cm³/mol. The fourth-order valence-corrected chi connectivity index (χ4v) is 2.77. The van der Waals surface area contributed by atoms with Crippen LogP contribution in [0.15, 0.2) is 24.3 Å². The molecule has 1 aromatic carbocycles. The maximum Gasteiger partial charge on any atom is 0.308 e. The monoisotopic (exact) mass is 247 g/mol. The Kier molecular flexibility index (Phi) is 3.44. The third-order valence-electron chi connectivity index (χ3n) is 3.70. The number of carbonyl (C=O) groups is 1. The standard InChI is InChI=1S/C15H21NO2/c1-15(2,3)13-7-5-4-6-10(13)11-8-16-9-12(11)14(17)18/h4-7,11-12,16H,8-9H2,1-3H3,(H,17,18)/t11?,12-/m0/s1. The first kappa shape index (κ1) is 13.1. The van der Waals surface area contributed by atoms with Crippen molar-refractivity contribution in [3.05, 3.63) is 35.4 Å². The summed E-state index contributed by atoms with van der Waals surface area (Å²) in [6.45, 7) is 7.83. The molecule has 1 fully saturated rings. The Labute approximate surface area is 108 Å². The molecule has 0 aromatic heterocycles. The first-order valence-corrected chi connectivity index (χ1v) is 6.44. The molecule has 0 spiro atoms. The van der Waals surface area contributed by atoms with Crippen LogP contribution in [0, 0.1) is 5.92 Å². The summed E-state index contributed by atoms with van der Waals surface area (Å²) in [5.74, 6) is -0.930. The average molecular weight is 247 g/mol. The summed E-state index contributed by atoms with van der Waals surface area (Å²) < 4.78 is 0. The van der Waals surface area contributed by atoms with E-state index in [1.54, 1.807) is 0 Å². The maximum atomic E-state index is 11.3. The highest BCUT2D eigenvalue weighted by atomic mass is 16.4. The Bertz CT molecular complexity index is 448. The molecule has 2 atom stereocenters. The molecule has 2 rings (SSSR count). The van der Waals surface area contributed by atoms with E-state index in [-0.39, 0.29) is 17.3 Å². The van der Waals surface area contributed by atoms with Crippen LogP contribution >= 0.6 is 0 Å². The van der Waals surface area contributed by atoms with Crippen LogP contribution in [-0.2, 0) is 10.2 Å². The Morgan fingerprint density at radius 1 is 1.28 bits per heavy atom. The van der Waals surface area contributed by atoms with Gasteiger partial charge in [-0.3, -0.25) is 4.79 Å². The molecular formula is C15H21NO2. The van der Waals surface area contributed by atoms with Gasteiger partial charge in [-0.15, -0.1) is 0 Å². The molecular weight excluding hydrogens is 226 g/mol. The van der Waals surface area contributed by atoms with E-state index in [0.29, 0.717) is 6.54 Å². The second kappa shape index (κ2) is 4.73. The van der Waals surface area contributed by atoms with Crippen LogP contribution in [0.5, 0.6) is 0 Å². The largest absolute Gasteiger partial charge is 0.481 e. The minimum atomic E-state index is -0.700. The second-order valence-electron chi connectivity index (χ2n) is 6.05. The molecule has 0 amide bonds. The van der Waals surface area contributed by atoms with Gasteiger partial charge in [0.05, 0.1) is 5.92 Å². The van der Waals surface area contributed by atoms with Crippen molar-refractivity contribution in [1.29, 1.82) is 0 Å². The smallest absolute Gasteiger partial charge is 0.308 e. The van der Waals surface area contributed by atoms with E-state index in [9.17, 15) is 9.90 Å². The van der Waals surface area contributed by atoms with Crippen LogP contribution in [0.4, 0.5) is 0 Å². The van der Waals surface area contributed by atoms with Crippen molar-refractivity contribution in [3.8, 4) is 0 Å². The number of nitrogens with one attached hydrogen (secondary N) is 1. The Hall–Kier alpha value is -1.35. The van der Waals surface area contributed by atoms with Crippen LogP contribution in [0.2, 0.25) is 0 Å². The quantitative estimate of drug-likeness (QED) is 0.843. The molecule has 0 bridgehead atoms. The van der Waals surface area contributed by atoms with Gasteiger partial charge in [0, 0.05) is 19.0 Å². The highest BCUT2D eigenvalue weighted by Crippen LogP contribution is 2.35. The van der Waals surface area contributed by atoms with Gasteiger partial charge in [-0.1, -0.05) is 45.0 Å². The maximum absolute atomic E-state index is 11.3. The van der Waals surface area contributed by atoms with Gasteiger partial charge in [0.15, 0.2) is 0 Å². The fraction of sp³-hybridized carbons (Fsp3) is 0.533. The number of carboxylic acid groups (broad SMARTS) is 1. The van der Waals surface area contributed by atoms with Crippen LogP contribution in [0.25, 0.3) is 0 Å². The number of rotatable bonds is 2. The molecule has 0 aliphatic carbocycles. The van der Waals surface area contributed by atoms with Crippen LogP contribution in [0.1, 0.15) is 37.8 Å². The fourth-order valence-electron chi connectivity index (χ4n) is 2.77. The number of aliphatic carboxylic acids is 1. The lowest BCUT2D eigenvalue weighted by atomic mass is 9.77. The minimum Gasteiger partial charge on any atom is -0.481 e. The molecule has 1 saturated heterocycles. The van der Waals surface area contributed by atoms with Crippen molar-refractivity contribution in [3.63, 3.8) is 0 Å². The molecule has 2 N–H and O–H groups in total. The summed E-state index contributed by atoms with van der Waals surface area (Å²) in [5, 5.41) is 12.5. The number of carboxylic acids is 1. The minimum absolute atomic E-state index is 0.0439. The lowest BCUT2D eigenvalue weighted by molar-refractivity contribution is -0.141. The van der Waals surface area contributed by atoms with Gasteiger partial charge < -0.3 is 10.4 Å². The molecule has 1 heterocycles. The van der Waals surface area contributed by atoms with Gasteiger partial charge >= 0.3 is 5.97 Å². The highest BCUT2D eigenvalue weighted by molar-refractivity contribution is 5.72. The molecule has 0 saturated carbocycles. The van der Waals surface area contributed by atoms with Crippen LogP contribution in [0.3, 0.4) is 0 Å². The van der Waals surface area contributed by atoms with E-state index in [1.165, 1.54) is 11.1 Å². The summed E-state index contributed by atoms with van der Waals surface area (Å²) in [7, 11) is 0. The Morgan fingerprint density at radius 2 is 1.94 bits per heavy atom. The number of hydrogen-bond donors (Lipinski definition) is 2. The summed E-state index contributed by atoms with van der Waals surface area (Å²) in [6.07, 6.45) is 0. The van der Waals surface area contributed by atoms with Crippen LogP contribution in [-0.4, -0.2) is 24.2 Å². The molecule has 1 aliphatic heterocycles. The van der Waals surface area contributed by atoms with E-state index < -0.39 is 5.97 Å². The zero-order valence-corrected chi connectivity index (χ0v) is 11.2. The second-order valence-corrected chi connectivity index (χ2v) is 6.05. The van der Waals surface area contributed by atoms with Gasteiger partial charge in [-0.05, 0) is 16.5 Å². The molecule has 1 unspecified atom stereocenters. The topological polar surface area (TPSA) is 49.3 Å². The van der Waals surface area contributed by atoms with E-state index in [0.717, 1.165) is 6.54 Å². The Balaban J connectivity index is 2.42. The van der Waals surface area contributed by atoms with Crippen molar-refractivity contribution in [2.75, 3.05) is 13.1 Å². The molecule has 1 aromatic rings. The third kappa shape index (κ3) is 2.41. The first-order valence-electron chi connectivity index (χ1n) is 6.44. The normalized spacial score (nSPS) is 24.2. The van der Waals surface area contributed by atoms with E-state index in [2.05, 4.69) is 38.2 Å². The molecule has 3 nitrogen and oxygen atoms in total. The summed E-state index contributed by atoms with van der Waals surface area (Å²) in [5.41, 5.74) is 2.48. The van der Waals surface area contributed by atoms with Crippen LogP contribution < -0.4 is 5.32 Å². The third-order valence-corrected chi connectivity index (χ3v) is 3.70. The number of benzene rings is 1. The van der Waals surface area contributed by atoms with Gasteiger partial charge in [0.1, 0.15) is 0 Å². The average Bonchev–Trinajstić information content (AvgIpc) is 2.76. The molecule has 1 aliphatic rings.